The van der Waals surface area contributed by atoms with Crippen LogP contribution in [0.1, 0.15) is 22.3 Å². The minimum absolute atomic E-state index is 0.215. The van der Waals surface area contributed by atoms with E-state index in [-0.39, 0.29) is 5.91 Å². The second-order valence-electron chi connectivity index (χ2n) is 7.89. The second kappa shape index (κ2) is 8.92. The van der Waals surface area contributed by atoms with E-state index in [0.29, 0.717) is 27.7 Å². The summed E-state index contributed by atoms with van der Waals surface area (Å²) in [5.74, 6) is 0.468. The number of hydrogen-bond donors (Lipinski definition) is 1. The molecule has 8 heteroatoms. The molecule has 6 nitrogen and oxygen atoms in total. The molecule has 166 valence electrons. The molecule has 5 rings (SSSR count). The number of benzene rings is 2. The highest BCUT2D eigenvalue weighted by Crippen LogP contribution is 2.31. The number of fused-ring (bicyclic) bond motifs is 1. The van der Waals surface area contributed by atoms with E-state index in [9.17, 15) is 9.00 Å². The molecule has 1 aliphatic rings. The molecule has 2 aromatic heterocycles. The Kier molecular flexibility index (Phi) is 5.83. The molecule has 1 amide bonds. The number of aromatic nitrogens is 2. The third-order valence-electron chi connectivity index (χ3n) is 5.66. The van der Waals surface area contributed by atoms with Gasteiger partial charge in [-0.2, -0.15) is 0 Å². The van der Waals surface area contributed by atoms with E-state index in [1.807, 2.05) is 47.6 Å². The third-order valence-corrected chi connectivity index (χ3v) is 7.51. The second-order valence-corrected chi connectivity index (χ2v) is 9.79. The van der Waals surface area contributed by atoms with Gasteiger partial charge in [0.15, 0.2) is 0 Å². The van der Waals surface area contributed by atoms with Gasteiger partial charge in [0.1, 0.15) is 11.0 Å². The zero-order valence-electron chi connectivity index (χ0n) is 17.9. The molecule has 4 aromatic rings. The first-order valence-corrected chi connectivity index (χ1v) is 12.2. The fourth-order valence-corrected chi connectivity index (χ4v) is 5.45. The molecule has 33 heavy (non-hydrogen) atoms. The maximum absolute atomic E-state index is 13.0. The smallest absolute Gasteiger partial charge is 0.255 e. The highest BCUT2D eigenvalue weighted by molar-refractivity contribution is 7.86. The lowest BCUT2D eigenvalue weighted by molar-refractivity contribution is 0.102. The summed E-state index contributed by atoms with van der Waals surface area (Å²) in [5, 5.41) is 4.45. The highest BCUT2D eigenvalue weighted by Gasteiger charge is 2.21. The molecule has 1 fully saturated rings. The van der Waals surface area contributed by atoms with Crippen LogP contribution in [0.3, 0.4) is 0 Å². The van der Waals surface area contributed by atoms with Gasteiger partial charge in [-0.15, -0.1) is 0 Å². The molecule has 2 aromatic carbocycles. The quantitative estimate of drug-likeness (QED) is 0.428. The minimum Gasteiger partial charge on any atom is -0.322 e. The van der Waals surface area contributed by atoms with Gasteiger partial charge < -0.3 is 5.32 Å². The Morgan fingerprint density at radius 2 is 2.00 bits per heavy atom. The topological polar surface area (TPSA) is 75.2 Å². The predicted molar refractivity (Wildman–Crippen MR) is 134 cm³/mol. The van der Waals surface area contributed by atoms with Gasteiger partial charge in [0.25, 0.3) is 5.91 Å². The number of nitrogens with zero attached hydrogens (tertiary/aromatic N) is 3. The molecule has 0 spiro atoms. The van der Waals surface area contributed by atoms with Crippen LogP contribution in [0.15, 0.2) is 67.0 Å². The fourth-order valence-electron chi connectivity index (χ4n) is 3.96. The summed E-state index contributed by atoms with van der Waals surface area (Å²) in [6, 6.07) is 16.6. The van der Waals surface area contributed by atoms with Crippen molar-refractivity contribution in [2.45, 2.75) is 13.3 Å². The van der Waals surface area contributed by atoms with Gasteiger partial charge in [-0.1, -0.05) is 11.6 Å². The average Bonchev–Trinajstić information content (AvgIpc) is 3.25. The Hall–Kier alpha value is -3.29. The maximum Gasteiger partial charge on any atom is 0.255 e. The first kappa shape index (κ1) is 21.6. The van der Waals surface area contributed by atoms with Crippen LogP contribution in [-0.2, 0) is 11.0 Å². The SMILES string of the molecule is Cc1cc(N2CCCS2=O)ccc1C(=O)Nc1ccc(Cl)c(-c2ccc3cnccc3n2)c1. The molecule has 3 heterocycles. The molecule has 0 saturated carbocycles. The normalized spacial score (nSPS) is 15.7. The van der Waals surface area contributed by atoms with Crippen LogP contribution in [0.5, 0.6) is 0 Å². The van der Waals surface area contributed by atoms with Crippen LogP contribution < -0.4 is 9.62 Å². The molecule has 0 bridgehead atoms. The number of carbonyl (C=O) groups is 1. The minimum atomic E-state index is -0.990. The van der Waals surface area contributed by atoms with Crippen molar-refractivity contribution in [3.05, 3.63) is 83.1 Å². The number of amides is 1. The van der Waals surface area contributed by atoms with Gasteiger partial charge in [-0.3, -0.25) is 14.1 Å². The van der Waals surface area contributed by atoms with Gasteiger partial charge in [-0.05, 0) is 73.5 Å². The third kappa shape index (κ3) is 4.34. The van der Waals surface area contributed by atoms with Crippen molar-refractivity contribution in [3.63, 3.8) is 0 Å². The van der Waals surface area contributed by atoms with Crippen molar-refractivity contribution in [3.8, 4) is 11.3 Å². The molecule has 1 unspecified atom stereocenters. The van der Waals surface area contributed by atoms with E-state index >= 15 is 0 Å². The predicted octanol–water partition coefficient (Wildman–Crippen LogP) is 5.38. The number of anilines is 2. The van der Waals surface area contributed by atoms with Crippen LogP contribution in [0.2, 0.25) is 5.02 Å². The summed E-state index contributed by atoms with van der Waals surface area (Å²) >= 11 is 6.46. The maximum atomic E-state index is 13.0. The zero-order valence-corrected chi connectivity index (χ0v) is 19.5. The largest absolute Gasteiger partial charge is 0.322 e. The Balaban J connectivity index is 1.40. The number of hydrogen-bond acceptors (Lipinski definition) is 4. The standard InChI is InChI=1S/C25H21ClN4O2S/c1-16-13-19(30-11-2-12-33(30)32)5-6-20(16)25(31)28-18-4-7-22(26)21(14-18)24-8-3-17-15-27-10-9-23(17)29-24/h3-10,13-15H,2,11-12H2,1H3,(H,28,31). The molecule has 1 aliphatic heterocycles. The van der Waals surface area contributed by atoms with Crippen molar-refractivity contribution in [1.29, 1.82) is 0 Å². The van der Waals surface area contributed by atoms with E-state index in [1.54, 1.807) is 30.6 Å². The molecule has 1 N–H and O–H groups in total. The lowest BCUT2D eigenvalue weighted by atomic mass is 10.1. The Morgan fingerprint density at radius 1 is 1.12 bits per heavy atom. The summed E-state index contributed by atoms with van der Waals surface area (Å²) < 4.78 is 14.0. The van der Waals surface area contributed by atoms with Crippen molar-refractivity contribution in [2.24, 2.45) is 0 Å². The van der Waals surface area contributed by atoms with Crippen molar-refractivity contribution in [2.75, 3.05) is 21.9 Å². The van der Waals surface area contributed by atoms with Gasteiger partial charge in [0.2, 0.25) is 0 Å². The van der Waals surface area contributed by atoms with Crippen molar-refractivity contribution in [1.82, 2.24) is 9.97 Å². The number of nitrogens with one attached hydrogen (secondary N) is 1. The molecular weight excluding hydrogens is 456 g/mol. The van der Waals surface area contributed by atoms with Crippen LogP contribution in [0.4, 0.5) is 11.4 Å². The number of aryl methyl sites for hydroxylation is 1. The van der Waals surface area contributed by atoms with Crippen molar-refractivity contribution < 1.29 is 9.00 Å². The van der Waals surface area contributed by atoms with Crippen LogP contribution in [-0.4, -0.2) is 32.4 Å². The first-order chi connectivity index (χ1) is 16.0. The number of carbonyl (C=O) groups excluding carboxylic acids is 1. The number of rotatable bonds is 4. The summed E-state index contributed by atoms with van der Waals surface area (Å²) in [7, 11) is -0.990. The summed E-state index contributed by atoms with van der Waals surface area (Å²) in [6.45, 7) is 2.66. The van der Waals surface area contributed by atoms with Crippen LogP contribution >= 0.6 is 11.6 Å². The van der Waals surface area contributed by atoms with E-state index in [0.717, 1.165) is 40.7 Å². The summed E-state index contributed by atoms with van der Waals surface area (Å²) in [5.41, 5.74) is 5.17. The fraction of sp³-hybridized carbons (Fsp3) is 0.160. The number of pyridine rings is 2. The van der Waals surface area contributed by atoms with Gasteiger partial charge in [-0.25, -0.2) is 9.19 Å². The van der Waals surface area contributed by atoms with E-state index < -0.39 is 11.0 Å². The Morgan fingerprint density at radius 3 is 2.79 bits per heavy atom. The molecule has 1 saturated heterocycles. The van der Waals surface area contributed by atoms with Gasteiger partial charge >= 0.3 is 0 Å². The van der Waals surface area contributed by atoms with Crippen molar-refractivity contribution >= 4 is 50.8 Å². The average molecular weight is 477 g/mol. The number of halogens is 1. The van der Waals surface area contributed by atoms with Crippen LogP contribution in [0, 0.1) is 6.92 Å². The Labute approximate surface area is 199 Å². The summed E-state index contributed by atoms with van der Waals surface area (Å²) in [4.78, 5) is 21.8. The first-order valence-electron chi connectivity index (χ1n) is 10.6. The summed E-state index contributed by atoms with van der Waals surface area (Å²) in [6.07, 6.45) is 4.38. The lowest BCUT2D eigenvalue weighted by Crippen LogP contribution is -2.20. The molecular formula is C25H21ClN4O2S. The highest BCUT2D eigenvalue weighted by atomic mass is 35.5. The van der Waals surface area contributed by atoms with E-state index in [4.69, 9.17) is 11.6 Å². The van der Waals surface area contributed by atoms with E-state index in [2.05, 4.69) is 15.3 Å². The monoisotopic (exact) mass is 476 g/mol. The van der Waals surface area contributed by atoms with E-state index in [1.165, 1.54) is 0 Å². The zero-order chi connectivity index (χ0) is 22.9. The molecule has 0 aliphatic carbocycles. The van der Waals surface area contributed by atoms with Gasteiger partial charge in [0.05, 0.1) is 16.2 Å². The van der Waals surface area contributed by atoms with Crippen LogP contribution in [0.25, 0.3) is 22.2 Å². The lowest BCUT2D eigenvalue weighted by Gasteiger charge is -2.17. The van der Waals surface area contributed by atoms with Gasteiger partial charge in [0, 0.05) is 52.6 Å². The Bertz CT molecular complexity index is 1410. The molecule has 1 atom stereocenters. The molecule has 0 radical (unpaired) electrons.